The molecule has 0 aliphatic rings. The van der Waals surface area contributed by atoms with E-state index in [0.29, 0.717) is 23.7 Å². The second-order valence-corrected chi connectivity index (χ2v) is 10.0. The van der Waals surface area contributed by atoms with E-state index < -0.39 is 17.6 Å². The molecule has 0 atom stereocenters. The molecule has 210 valence electrons. The van der Waals surface area contributed by atoms with Crippen LogP contribution in [-0.2, 0) is 6.18 Å². The van der Waals surface area contributed by atoms with E-state index >= 15 is 0 Å². The Morgan fingerprint density at radius 3 is 2.45 bits per heavy atom. The van der Waals surface area contributed by atoms with Crippen molar-refractivity contribution in [1.82, 2.24) is 14.9 Å². The lowest BCUT2D eigenvalue weighted by molar-refractivity contribution is -0.137. The minimum atomic E-state index is -4.54. The Balaban J connectivity index is 1.65. The number of rotatable bonds is 9. The Labute approximate surface area is 232 Å². The number of aromatic nitrogens is 2. The maximum absolute atomic E-state index is 13.5. The molecule has 1 aromatic heterocycles. The molecule has 0 unspecified atom stereocenters. The lowest BCUT2D eigenvalue weighted by Crippen LogP contribution is -2.25. The number of halogens is 3. The van der Waals surface area contributed by atoms with Crippen molar-refractivity contribution in [2.75, 3.05) is 56.8 Å². The summed E-state index contributed by atoms with van der Waals surface area (Å²) in [4.78, 5) is 26.0. The van der Waals surface area contributed by atoms with Gasteiger partial charge in [-0.3, -0.25) is 4.79 Å². The molecule has 0 spiro atoms. The highest BCUT2D eigenvalue weighted by Gasteiger charge is 2.31. The number of aryl methyl sites for hydroxylation is 1. The first-order chi connectivity index (χ1) is 19.0. The third-order valence-electron chi connectivity index (χ3n) is 6.70. The molecule has 0 aliphatic carbocycles. The van der Waals surface area contributed by atoms with E-state index in [1.54, 1.807) is 32.4 Å². The molecule has 1 heterocycles. The Bertz CT molecular complexity index is 1520. The van der Waals surface area contributed by atoms with Gasteiger partial charge in [-0.15, -0.1) is 0 Å². The number of amides is 1. The SMILES string of the molecule is CNc1ncc2cc(-c3cc(C(=O)Nc4cc(C(F)(F)F)ccc4N(C)CCCN(C)C)ccc3C)ccc2n1. The fourth-order valence-electron chi connectivity index (χ4n) is 4.48. The second kappa shape index (κ2) is 11.9. The molecule has 0 bridgehead atoms. The summed E-state index contributed by atoms with van der Waals surface area (Å²) in [5.74, 6) is 0.0266. The van der Waals surface area contributed by atoms with Gasteiger partial charge in [0, 0.05) is 37.8 Å². The number of hydrogen-bond acceptors (Lipinski definition) is 6. The number of carbonyl (C=O) groups is 1. The maximum atomic E-state index is 13.5. The first kappa shape index (κ1) is 28.8. The van der Waals surface area contributed by atoms with Crippen molar-refractivity contribution in [3.63, 3.8) is 0 Å². The van der Waals surface area contributed by atoms with Gasteiger partial charge in [0.15, 0.2) is 0 Å². The number of anilines is 3. The van der Waals surface area contributed by atoms with Gasteiger partial charge in [-0.1, -0.05) is 12.1 Å². The molecule has 4 aromatic rings. The summed E-state index contributed by atoms with van der Waals surface area (Å²) in [6.45, 7) is 3.38. The van der Waals surface area contributed by atoms with E-state index in [9.17, 15) is 18.0 Å². The molecule has 0 saturated heterocycles. The zero-order chi connectivity index (χ0) is 29.0. The van der Waals surface area contributed by atoms with Crippen LogP contribution in [0.1, 0.15) is 27.9 Å². The van der Waals surface area contributed by atoms with Gasteiger partial charge in [-0.2, -0.15) is 13.2 Å². The van der Waals surface area contributed by atoms with Gasteiger partial charge in [0.2, 0.25) is 5.95 Å². The molecule has 0 radical (unpaired) electrons. The fraction of sp³-hybridized carbons (Fsp3) is 0.300. The van der Waals surface area contributed by atoms with Crippen LogP contribution in [0.25, 0.3) is 22.0 Å². The first-order valence-electron chi connectivity index (χ1n) is 12.9. The highest BCUT2D eigenvalue weighted by atomic mass is 19.4. The van der Waals surface area contributed by atoms with Gasteiger partial charge >= 0.3 is 6.18 Å². The van der Waals surface area contributed by atoms with Crippen molar-refractivity contribution < 1.29 is 18.0 Å². The number of carbonyl (C=O) groups excluding carboxylic acids is 1. The summed E-state index contributed by atoms with van der Waals surface area (Å²) in [6, 6.07) is 14.5. The van der Waals surface area contributed by atoms with Crippen LogP contribution in [0, 0.1) is 6.92 Å². The number of nitrogens with zero attached hydrogens (tertiary/aromatic N) is 4. The normalized spacial score (nSPS) is 11.6. The second-order valence-electron chi connectivity index (χ2n) is 10.0. The molecule has 0 aliphatic heterocycles. The minimum Gasteiger partial charge on any atom is -0.373 e. The van der Waals surface area contributed by atoms with Crippen LogP contribution in [-0.4, -0.2) is 62.1 Å². The van der Waals surface area contributed by atoms with Gasteiger partial charge in [0.05, 0.1) is 22.5 Å². The molecule has 4 rings (SSSR count). The molecular weight excluding hydrogens is 517 g/mol. The van der Waals surface area contributed by atoms with Gasteiger partial charge in [0.1, 0.15) is 0 Å². The standard InChI is InChI=1S/C30H33F3N6O/c1-19-7-8-21(16-24(19)20-9-11-25-22(15-20)18-35-29(34-2)37-25)28(40)36-26-17-23(30(31,32)33)10-12-27(26)39(5)14-6-13-38(3)4/h7-12,15-18H,6,13-14H2,1-5H3,(H,36,40)(H,34,35,37). The minimum absolute atomic E-state index is 0.109. The van der Waals surface area contributed by atoms with Crippen LogP contribution < -0.4 is 15.5 Å². The Morgan fingerprint density at radius 1 is 0.975 bits per heavy atom. The first-order valence-corrected chi connectivity index (χ1v) is 12.9. The Hall–Kier alpha value is -4.18. The van der Waals surface area contributed by atoms with E-state index in [4.69, 9.17) is 0 Å². The van der Waals surface area contributed by atoms with Crippen molar-refractivity contribution in [3.8, 4) is 11.1 Å². The van der Waals surface area contributed by atoms with Crippen LogP contribution in [0.2, 0.25) is 0 Å². The molecule has 1 amide bonds. The largest absolute Gasteiger partial charge is 0.416 e. The Morgan fingerprint density at radius 2 is 1.75 bits per heavy atom. The molecule has 3 aromatic carbocycles. The number of hydrogen-bond donors (Lipinski definition) is 2. The van der Waals surface area contributed by atoms with Gasteiger partial charge in [0.25, 0.3) is 5.91 Å². The Kier molecular flexibility index (Phi) is 8.58. The summed E-state index contributed by atoms with van der Waals surface area (Å²) in [5.41, 5.74) is 3.57. The molecule has 10 heteroatoms. The van der Waals surface area contributed by atoms with Crippen molar-refractivity contribution >= 4 is 34.1 Å². The average molecular weight is 551 g/mol. The van der Waals surface area contributed by atoms with Crippen LogP contribution in [0.15, 0.2) is 60.8 Å². The monoisotopic (exact) mass is 550 g/mol. The highest BCUT2D eigenvalue weighted by molar-refractivity contribution is 6.07. The smallest absolute Gasteiger partial charge is 0.373 e. The maximum Gasteiger partial charge on any atom is 0.416 e. The van der Waals surface area contributed by atoms with Crippen molar-refractivity contribution in [3.05, 3.63) is 77.5 Å². The number of benzene rings is 3. The van der Waals surface area contributed by atoms with E-state index in [-0.39, 0.29) is 5.69 Å². The highest BCUT2D eigenvalue weighted by Crippen LogP contribution is 2.36. The molecule has 7 nitrogen and oxygen atoms in total. The van der Waals surface area contributed by atoms with Crippen LogP contribution in [0.3, 0.4) is 0 Å². The molecular formula is C30H33F3N6O. The van der Waals surface area contributed by atoms with E-state index in [1.807, 2.05) is 55.1 Å². The van der Waals surface area contributed by atoms with Crippen molar-refractivity contribution in [2.45, 2.75) is 19.5 Å². The molecule has 2 N–H and O–H groups in total. The fourth-order valence-corrected chi connectivity index (χ4v) is 4.48. The summed E-state index contributed by atoms with van der Waals surface area (Å²) < 4.78 is 40.6. The average Bonchev–Trinajstić information content (AvgIpc) is 2.91. The zero-order valence-corrected chi connectivity index (χ0v) is 23.2. The number of fused-ring (bicyclic) bond motifs is 1. The molecule has 0 saturated carbocycles. The van der Waals surface area contributed by atoms with Gasteiger partial charge < -0.3 is 20.4 Å². The van der Waals surface area contributed by atoms with Crippen LogP contribution in [0.4, 0.5) is 30.5 Å². The third-order valence-corrected chi connectivity index (χ3v) is 6.70. The topological polar surface area (TPSA) is 73.4 Å². The summed E-state index contributed by atoms with van der Waals surface area (Å²) >= 11 is 0. The lowest BCUT2D eigenvalue weighted by Gasteiger charge is -2.24. The van der Waals surface area contributed by atoms with E-state index in [2.05, 4.69) is 20.6 Å². The van der Waals surface area contributed by atoms with Crippen molar-refractivity contribution in [2.24, 2.45) is 0 Å². The van der Waals surface area contributed by atoms with Gasteiger partial charge in [-0.25, -0.2) is 9.97 Å². The number of nitrogens with one attached hydrogen (secondary N) is 2. The van der Waals surface area contributed by atoms with E-state index in [1.165, 1.54) is 6.07 Å². The van der Waals surface area contributed by atoms with Crippen molar-refractivity contribution in [1.29, 1.82) is 0 Å². The molecule has 0 fully saturated rings. The lowest BCUT2D eigenvalue weighted by atomic mass is 9.97. The quantitative estimate of drug-likeness (QED) is 0.255. The predicted molar refractivity (Wildman–Crippen MR) is 155 cm³/mol. The van der Waals surface area contributed by atoms with Crippen LogP contribution >= 0.6 is 0 Å². The summed E-state index contributed by atoms with van der Waals surface area (Å²) in [5, 5.41) is 6.50. The molecule has 40 heavy (non-hydrogen) atoms. The zero-order valence-electron chi connectivity index (χ0n) is 23.2. The third kappa shape index (κ3) is 6.69. The number of alkyl halides is 3. The van der Waals surface area contributed by atoms with Gasteiger partial charge in [-0.05, 0) is 93.1 Å². The predicted octanol–water partition coefficient (Wildman–Crippen LogP) is 6.31. The van der Waals surface area contributed by atoms with E-state index in [0.717, 1.165) is 52.7 Å². The van der Waals surface area contributed by atoms with Crippen LogP contribution in [0.5, 0.6) is 0 Å². The summed E-state index contributed by atoms with van der Waals surface area (Å²) in [6.07, 6.45) is -1.99. The summed E-state index contributed by atoms with van der Waals surface area (Å²) in [7, 11) is 7.48.